The maximum Gasteiger partial charge on any atom is 0.165 e. The van der Waals surface area contributed by atoms with Gasteiger partial charge in [0, 0.05) is 18.5 Å². The number of halogens is 1. The highest BCUT2D eigenvalue weighted by Gasteiger charge is 2.08. The summed E-state index contributed by atoms with van der Waals surface area (Å²) in [6.45, 7) is 3.77. The number of benzene rings is 1. The Hall–Kier alpha value is -1.53. The van der Waals surface area contributed by atoms with E-state index in [1.165, 1.54) is 6.07 Å². The van der Waals surface area contributed by atoms with Crippen molar-refractivity contribution in [2.45, 2.75) is 19.9 Å². The minimum absolute atomic E-state index is 0.304. The number of hydrogen-bond donors (Lipinski definition) is 1. The van der Waals surface area contributed by atoms with Crippen LogP contribution in [0.4, 0.5) is 4.39 Å². The van der Waals surface area contributed by atoms with E-state index >= 15 is 0 Å². The van der Waals surface area contributed by atoms with Gasteiger partial charge in [0.2, 0.25) is 0 Å². The Morgan fingerprint density at radius 2 is 2.31 bits per heavy atom. The Morgan fingerprint density at radius 1 is 1.50 bits per heavy atom. The third-order valence-corrected chi connectivity index (χ3v) is 2.11. The highest BCUT2D eigenvalue weighted by Crippen LogP contribution is 2.22. The van der Waals surface area contributed by atoms with Crippen LogP contribution in [0.3, 0.4) is 0 Å². The van der Waals surface area contributed by atoms with Gasteiger partial charge in [-0.3, -0.25) is 0 Å². The summed E-state index contributed by atoms with van der Waals surface area (Å²) >= 11 is 0. The van der Waals surface area contributed by atoms with E-state index in [9.17, 15) is 4.39 Å². The van der Waals surface area contributed by atoms with E-state index in [1.807, 2.05) is 13.0 Å². The van der Waals surface area contributed by atoms with Gasteiger partial charge in [0.15, 0.2) is 11.6 Å². The number of ether oxygens (including phenoxy) is 1. The van der Waals surface area contributed by atoms with Gasteiger partial charge in [0.1, 0.15) is 0 Å². The molecular formula is C13H16FNO. The summed E-state index contributed by atoms with van der Waals surface area (Å²) in [6, 6.07) is 4.91. The first-order valence-corrected chi connectivity index (χ1v) is 5.34. The van der Waals surface area contributed by atoms with Crippen LogP contribution in [0.5, 0.6) is 5.75 Å². The Balaban J connectivity index is 2.73. The first kappa shape index (κ1) is 12.5. The molecule has 1 aromatic rings. The summed E-state index contributed by atoms with van der Waals surface area (Å²) in [7, 11) is 0. The monoisotopic (exact) mass is 221 g/mol. The molecule has 0 amide bonds. The lowest BCUT2D eigenvalue weighted by molar-refractivity contribution is 0.305. The molecule has 1 rings (SSSR count). The van der Waals surface area contributed by atoms with Crippen molar-refractivity contribution in [1.29, 1.82) is 0 Å². The second-order valence-electron chi connectivity index (χ2n) is 3.31. The molecule has 0 bridgehead atoms. The van der Waals surface area contributed by atoms with E-state index in [4.69, 9.17) is 11.2 Å². The molecule has 0 unspecified atom stereocenters. The number of hydrogen-bond acceptors (Lipinski definition) is 2. The molecule has 86 valence electrons. The number of terminal acetylenes is 1. The van der Waals surface area contributed by atoms with Gasteiger partial charge in [-0.15, -0.1) is 12.3 Å². The second-order valence-corrected chi connectivity index (χ2v) is 3.31. The van der Waals surface area contributed by atoms with Gasteiger partial charge in [-0.1, -0.05) is 19.1 Å². The van der Waals surface area contributed by atoms with Crippen molar-refractivity contribution in [3.05, 3.63) is 29.6 Å². The molecule has 0 saturated carbocycles. The molecule has 2 nitrogen and oxygen atoms in total. The van der Waals surface area contributed by atoms with Crippen LogP contribution in [-0.2, 0) is 6.54 Å². The smallest absolute Gasteiger partial charge is 0.165 e. The molecule has 0 fully saturated rings. The Kier molecular flexibility index (Phi) is 5.38. The fourth-order valence-electron chi connectivity index (χ4n) is 1.33. The lowest BCUT2D eigenvalue weighted by Gasteiger charge is -2.11. The molecular weight excluding hydrogens is 205 g/mol. The summed E-state index contributed by atoms with van der Waals surface area (Å²) in [6.07, 6.45) is 5.59. The van der Waals surface area contributed by atoms with Crippen molar-refractivity contribution in [1.82, 2.24) is 5.32 Å². The highest BCUT2D eigenvalue weighted by molar-refractivity contribution is 5.34. The van der Waals surface area contributed by atoms with Crippen LogP contribution in [-0.4, -0.2) is 13.2 Å². The number of rotatable bonds is 6. The average Bonchev–Trinajstić information content (AvgIpc) is 2.29. The van der Waals surface area contributed by atoms with Gasteiger partial charge in [-0.25, -0.2) is 4.39 Å². The summed E-state index contributed by atoms with van der Waals surface area (Å²) in [5.41, 5.74) is 0.818. The quantitative estimate of drug-likeness (QED) is 0.588. The third kappa shape index (κ3) is 3.56. The molecule has 1 aromatic carbocycles. The molecule has 0 aliphatic heterocycles. The van der Waals surface area contributed by atoms with Gasteiger partial charge >= 0.3 is 0 Å². The normalized spacial score (nSPS) is 9.81. The van der Waals surface area contributed by atoms with Crippen molar-refractivity contribution in [2.24, 2.45) is 0 Å². The van der Waals surface area contributed by atoms with Crippen molar-refractivity contribution in [2.75, 3.05) is 13.2 Å². The molecule has 16 heavy (non-hydrogen) atoms. The van der Waals surface area contributed by atoms with Crippen LogP contribution in [0.15, 0.2) is 18.2 Å². The topological polar surface area (TPSA) is 21.3 Å². The van der Waals surface area contributed by atoms with Crippen molar-refractivity contribution < 1.29 is 9.13 Å². The van der Waals surface area contributed by atoms with Crippen LogP contribution in [0.1, 0.15) is 18.9 Å². The van der Waals surface area contributed by atoms with E-state index in [1.54, 1.807) is 6.07 Å². The molecule has 0 aliphatic rings. The van der Waals surface area contributed by atoms with E-state index in [0.29, 0.717) is 25.3 Å². The molecule has 1 N–H and O–H groups in total. The Morgan fingerprint density at radius 3 is 3.00 bits per heavy atom. The van der Waals surface area contributed by atoms with E-state index in [2.05, 4.69) is 11.2 Å². The Bertz CT molecular complexity index is 371. The second kappa shape index (κ2) is 6.86. The van der Waals surface area contributed by atoms with Crippen molar-refractivity contribution >= 4 is 0 Å². The zero-order chi connectivity index (χ0) is 11.8. The summed E-state index contributed by atoms with van der Waals surface area (Å²) in [5, 5.41) is 3.14. The predicted octanol–water partition coefficient (Wildman–Crippen LogP) is 2.34. The van der Waals surface area contributed by atoms with E-state index in [-0.39, 0.29) is 5.82 Å². The zero-order valence-electron chi connectivity index (χ0n) is 9.42. The third-order valence-electron chi connectivity index (χ3n) is 2.11. The van der Waals surface area contributed by atoms with Gasteiger partial charge in [-0.2, -0.15) is 0 Å². The predicted molar refractivity (Wildman–Crippen MR) is 62.7 cm³/mol. The zero-order valence-corrected chi connectivity index (χ0v) is 9.42. The molecule has 0 spiro atoms. The molecule has 0 saturated heterocycles. The standard InChI is InChI=1S/C13H16FNO/c1-3-5-9-16-13-11(10-15-4-2)7-6-8-12(13)14/h1,6-8,15H,4-5,9-10H2,2H3. The first-order chi connectivity index (χ1) is 7.79. The maximum atomic E-state index is 13.5. The molecule has 0 aromatic heterocycles. The molecule has 0 radical (unpaired) electrons. The molecule has 0 heterocycles. The largest absolute Gasteiger partial charge is 0.489 e. The van der Waals surface area contributed by atoms with Gasteiger partial charge < -0.3 is 10.1 Å². The van der Waals surface area contributed by atoms with Crippen LogP contribution < -0.4 is 10.1 Å². The first-order valence-electron chi connectivity index (χ1n) is 5.34. The van der Waals surface area contributed by atoms with Crippen LogP contribution in [0.2, 0.25) is 0 Å². The van der Waals surface area contributed by atoms with Crippen LogP contribution >= 0.6 is 0 Å². The lowest BCUT2D eigenvalue weighted by atomic mass is 10.2. The van der Waals surface area contributed by atoms with Gasteiger partial charge in [0.05, 0.1) is 6.61 Å². The van der Waals surface area contributed by atoms with Crippen molar-refractivity contribution in [3.63, 3.8) is 0 Å². The van der Waals surface area contributed by atoms with Crippen molar-refractivity contribution in [3.8, 4) is 18.1 Å². The van der Waals surface area contributed by atoms with Gasteiger partial charge in [0.25, 0.3) is 0 Å². The molecule has 0 atom stereocenters. The van der Waals surface area contributed by atoms with Crippen LogP contribution in [0.25, 0.3) is 0 Å². The SMILES string of the molecule is C#CCCOc1c(F)cccc1CNCC. The fourth-order valence-corrected chi connectivity index (χ4v) is 1.33. The minimum atomic E-state index is -0.340. The maximum absolute atomic E-state index is 13.5. The highest BCUT2D eigenvalue weighted by atomic mass is 19.1. The summed E-state index contributed by atoms with van der Waals surface area (Å²) in [5.74, 6) is 2.42. The minimum Gasteiger partial charge on any atom is -0.489 e. The number of nitrogens with one attached hydrogen (secondary N) is 1. The fraction of sp³-hybridized carbons (Fsp3) is 0.385. The van der Waals surface area contributed by atoms with E-state index < -0.39 is 0 Å². The summed E-state index contributed by atoms with van der Waals surface area (Å²) < 4.78 is 18.8. The molecule has 0 aliphatic carbocycles. The average molecular weight is 221 g/mol. The van der Waals surface area contributed by atoms with E-state index in [0.717, 1.165) is 12.1 Å². The lowest BCUT2D eigenvalue weighted by Crippen LogP contribution is -2.13. The Labute approximate surface area is 95.8 Å². The molecule has 3 heteroatoms. The van der Waals surface area contributed by atoms with Gasteiger partial charge in [-0.05, 0) is 12.6 Å². The van der Waals surface area contributed by atoms with Crippen LogP contribution in [0, 0.1) is 18.2 Å². The number of para-hydroxylation sites is 1. The summed E-state index contributed by atoms with van der Waals surface area (Å²) in [4.78, 5) is 0.